The van der Waals surface area contributed by atoms with Gasteiger partial charge in [-0.05, 0) is 29.8 Å². The van der Waals surface area contributed by atoms with E-state index in [0.717, 1.165) is 16.2 Å². The van der Waals surface area contributed by atoms with E-state index in [0.29, 0.717) is 0 Å². The molecule has 1 unspecified atom stereocenters. The average molecular weight is 287 g/mol. The van der Waals surface area contributed by atoms with E-state index in [4.69, 9.17) is 12.2 Å². The second-order valence-electron chi connectivity index (χ2n) is 4.45. The molecule has 2 aromatic carbocycles. The molecule has 2 nitrogen and oxygen atoms in total. The van der Waals surface area contributed by atoms with E-state index in [1.807, 2.05) is 31.3 Å². The summed E-state index contributed by atoms with van der Waals surface area (Å²) in [6.07, 6.45) is 0. The van der Waals surface area contributed by atoms with Gasteiger partial charge in [0.25, 0.3) is 0 Å². The molecule has 4 heteroatoms. The summed E-state index contributed by atoms with van der Waals surface area (Å²) in [6, 6.07) is 15.6. The molecule has 1 N–H and O–H groups in total. The molecule has 0 aliphatic carbocycles. The Hall–Kier alpha value is -1.52. The highest BCUT2D eigenvalue weighted by atomic mass is 32.2. The van der Waals surface area contributed by atoms with Crippen molar-refractivity contribution in [3.8, 4) is 5.75 Å². The zero-order valence-corrected chi connectivity index (χ0v) is 12.0. The van der Waals surface area contributed by atoms with E-state index in [1.54, 1.807) is 23.9 Å². The number of phenols is 1. The maximum absolute atomic E-state index is 9.38. The van der Waals surface area contributed by atoms with E-state index >= 15 is 0 Å². The molecule has 1 heterocycles. The highest BCUT2D eigenvalue weighted by Crippen LogP contribution is 2.46. The van der Waals surface area contributed by atoms with Gasteiger partial charge < -0.3 is 10.0 Å². The van der Waals surface area contributed by atoms with Crippen molar-refractivity contribution in [1.29, 1.82) is 0 Å². The maximum atomic E-state index is 9.38. The first-order valence-corrected chi connectivity index (χ1v) is 7.28. The molecule has 2 aromatic rings. The molecule has 0 amide bonds. The molecular formula is C15H13NOS2. The van der Waals surface area contributed by atoms with Gasteiger partial charge in [-0.25, -0.2) is 0 Å². The molecule has 0 spiro atoms. The Morgan fingerprint density at radius 1 is 1.11 bits per heavy atom. The van der Waals surface area contributed by atoms with Crippen LogP contribution in [0.4, 0.5) is 5.69 Å². The number of rotatable bonds is 1. The molecule has 0 bridgehead atoms. The fourth-order valence-corrected chi connectivity index (χ4v) is 3.83. The monoisotopic (exact) mass is 287 g/mol. The number of fused-ring (bicyclic) bond motifs is 1. The highest BCUT2D eigenvalue weighted by Gasteiger charge is 2.28. The molecule has 96 valence electrons. The van der Waals surface area contributed by atoms with Crippen molar-refractivity contribution in [3.63, 3.8) is 0 Å². The van der Waals surface area contributed by atoms with Crippen LogP contribution in [0.15, 0.2) is 53.4 Å². The fraction of sp³-hybridized carbons (Fsp3) is 0.133. The van der Waals surface area contributed by atoms with Gasteiger partial charge in [0, 0.05) is 11.9 Å². The predicted octanol–water partition coefficient (Wildman–Crippen LogP) is 4.00. The first-order chi connectivity index (χ1) is 9.16. The third-order valence-electron chi connectivity index (χ3n) is 3.22. The number of benzene rings is 2. The van der Waals surface area contributed by atoms with Crippen molar-refractivity contribution >= 4 is 34.7 Å². The summed E-state index contributed by atoms with van der Waals surface area (Å²) in [7, 11) is 2.01. The standard InChI is InChI=1S/C15H13NOS2/c1-16-12-4-2-3-5-13(12)19-14(15(16)18)10-6-8-11(17)9-7-10/h2-9,14,17H,1H3. The van der Waals surface area contributed by atoms with E-state index in [2.05, 4.69) is 17.0 Å². The van der Waals surface area contributed by atoms with Gasteiger partial charge in [-0.15, -0.1) is 11.8 Å². The summed E-state index contributed by atoms with van der Waals surface area (Å²) in [4.78, 5) is 4.20. The molecule has 0 saturated heterocycles. The summed E-state index contributed by atoms with van der Waals surface area (Å²) in [5.41, 5.74) is 2.28. The number of anilines is 1. The van der Waals surface area contributed by atoms with Crippen LogP contribution in [0.25, 0.3) is 0 Å². The maximum Gasteiger partial charge on any atom is 0.115 e. The molecule has 0 aromatic heterocycles. The van der Waals surface area contributed by atoms with Gasteiger partial charge in [0.2, 0.25) is 0 Å². The molecule has 19 heavy (non-hydrogen) atoms. The zero-order chi connectivity index (χ0) is 13.4. The number of aromatic hydroxyl groups is 1. The lowest BCUT2D eigenvalue weighted by Gasteiger charge is -2.33. The summed E-state index contributed by atoms with van der Waals surface area (Å²) in [5.74, 6) is 0.282. The smallest absolute Gasteiger partial charge is 0.115 e. The van der Waals surface area contributed by atoms with Gasteiger partial charge in [-0.1, -0.05) is 36.5 Å². The highest BCUT2D eigenvalue weighted by molar-refractivity contribution is 8.01. The van der Waals surface area contributed by atoms with Gasteiger partial charge in [0.15, 0.2) is 0 Å². The van der Waals surface area contributed by atoms with Crippen molar-refractivity contribution in [2.75, 3.05) is 11.9 Å². The van der Waals surface area contributed by atoms with Crippen LogP contribution in [0, 0.1) is 0 Å². The number of phenolic OH excluding ortho intramolecular Hbond substituents is 1. The van der Waals surface area contributed by atoms with Crippen molar-refractivity contribution < 1.29 is 5.11 Å². The zero-order valence-electron chi connectivity index (χ0n) is 10.4. The average Bonchev–Trinajstić information content (AvgIpc) is 2.44. The van der Waals surface area contributed by atoms with Crippen molar-refractivity contribution in [2.45, 2.75) is 10.1 Å². The van der Waals surface area contributed by atoms with E-state index in [9.17, 15) is 5.11 Å². The van der Waals surface area contributed by atoms with Crippen LogP contribution in [0.3, 0.4) is 0 Å². The van der Waals surface area contributed by atoms with Gasteiger partial charge in [0.1, 0.15) is 10.7 Å². The van der Waals surface area contributed by atoms with E-state index in [1.165, 1.54) is 4.90 Å². The largest absolute Gasteiger partial charge is 0.508 e. The van der Waals surface area contributed by atoms with Gasteiger partial charge in [-0.2, -0.15) is 0 Å². The number of thiocarbonyl (C=S) groups is 1. The van der Waals surface area contributed by atoms with Crippen LogP contribution < -0.4 is 4.90 Å². The summed E-state index contributed by atoms with van der Waals surface area (Å²) in [5, 5.41) is 9.50. The lowest BCUT2D eigenvalue weighted by Crippen LogP contribution is -2.32. The Bertz CT molecular complexity index is 624. The third-order valence-corrected chi connectivity index (χ3v) is 5.21. The van der Waals surface area contributed by atoms with E-state index in [-0.39, 0.29) is 11.0 Å². The number of nitrogens with zero attached hydrogens (tertiary/aromatic N) is 1. The lowest BCUT2D eigenvalue weighted by atomic mass is 10.1. The fourth-order valence-electron chi connectivity index (χ4n) is 2.17. The number of hydrogen-bond acceptors (Lipinski definition) is 3. The van der Waals surface area contributed by atoms with Crippen molar-refractivity contribution in [1.82, 2.24) is 0 Å². The quantitative estimate of drug-likeness (QED) is 0.801. The second kappa shape index (κ2) is 4.87. The Morgan fingerprint density at radius 2 is 1.79 bits per heavy atom. The Labute approximate surface area is 122 Å². The van der Waals surface area contributed by atoms with Crippen LogP contribution in [-0.2, 0) is 0 Å². The van der Waals surface area contributed by atoms with Crippen LogP contribution >= 0.6 is 24.0 Å². The summed E-state index contributed by atoms with van der Waals surface area (Å²) >= 11 is 7.35. The summed E-state index contributed by atoms with van der Waals surface area (Å²) in [6.45, 7) is 0. The van der Waals surface area contributed by atoms with Gasteiger partial charge in [0.05, 0.1) is 10.9 Å². The minimum Gasteiger partial charge on any atom is -0.508 e. The molecular weight excluding hydrogens is 274 g/mol. The summed E-state index contributed by atoms with van der Waals surface area (Å²) < 4.78 is 0. The SMILES string of the molecule is CN1C(=S)C(c2ccc(O)cc2)Sc2ccccc21. The molecule has 0 radical (unpaired) electrons. The number of hydrogen-bond donors (Lipinski definition) is 1. The van der Waals surface area contributed by atoms with Crippen molar-refractivity contribution in [2.24, 2.45) is 0 Å². The van der Waals surface area contributed by atoms with Crippen LogP contribution in [-0.4, -0.2) is 17.1 Å². The molecule has 1 aliphatic heterocycles. The lowest BCUT2D eigenvalue weighted by molar-refractivity contribution is 0.475. The molecule has 3 rings (SSSR count). The van der Waals surface area contributed by atoms with Crippen LogP contribution in [0.5, 0.6) is 5.75 Å². The molecule has 1 atom stereocenters. The van der Waals surface area contributed by atoms with Gasteiger partial charge >= 0.3 is 0 Å². The molecule has 1 aliphatic rings. The second-order valence-corrected chi connectivity index (χ2v) is 6.02. The number of likely N-dealkylation sites (N-methyl/N-ethyl adjacent to an activating group) is 1. The van der Waals surface area contributed by atoms with Crippen LogP contribution in [0.2, 0.25) is 0 Å². The minimum atomic E-state index is 0.121. The van der Waals surface area contributed by atoms with E-state index < -0.39 is 0 Å². The topological polar surface area (TPSA) is 23.5 Å². The normalized spacial score (nSPS) is 18.3. The number of thioether (sulfide) groups is 1. The van der Waals surface area contributed by atoms with Crippen molar-refractivity contribution in [3.05, 3.63) is 54.1 Å². The first kappa shape index (κ1) is 12.5. The Balaban J connectivity index is 2.01. The number of para-hydroxylation sites is 1. The molecule has 0 fully saturated rings. The minimum absolute atomic E-state index is 0.121. The predicted molar refractivity (Wildman–Crippen MR) is 84.1 cm³/mol. The Kier molecular flexibility index (Phi) is 3.21. The third kappa shape index (κ3) is 2.22. The first-order valence-electron chi connectivity index (χ1n) is 5.99. The Morgan fingerprint density at radius 3 is 2.53 bits per heavy atom. The molecule has 0 saturated carbocycles. The van der Waals surface area contributed by atoms with Crippen LogP contribution in [0.1, 0.15) is 10.8 Å². The van der Waals surface area contributed by atoms with Gasteiger partial charge in [-0.3, -0.25) is 0 Å².